The van der Waals surface area contributed by atoms with Crippen molar-refractivity contribution < 1.29 is 19.1 Å². The van der Waals surface area contributed by atoms with Gasteiger partial charge in [0.25, 0.3) is 0 Å². The van der Waals surface area contributed by atoms with E-state index in [-0.39, 0.29) is 35.5 Å². The molecule has 6 atom stereocenters. The highest BCUT2D eigenvalue weighted by atomic mass is 16.6. The van der Waals surface area contributed by atoms with E-state index in [1.165, 1.54) is 0 Å². The topological polar surface area (TPSA) is 52.6 Å². The van der Waals surface area contributed by atoms with E-state index < -0.39 is 0 Å². The molecule has 0 N–H and O–H groups in total. The van der Waals surface area contributed by atoms with E-state index in [4.69, 9.17) is 9.47 Å². The summed E-state index contributed by atoms with van der Waals surface area (Å²) in [6.45, 7) is 5.21. The molecule has 0 aromatic rings. The van der Waals surface area contributed by atoms with Crippen LogP contribution in [0.4, 0.5) is 0 Å². The summed E-state index contributed by atoms with van der Waals surface area (Å²) in [7, 11) is 0. The number of carbonyl (C=O) groups excluding carboxylic acids is 2. The van der Waals surface area contributed by atoms with Gasteiger partial charge in [-0.15, -0.1) is 0 Å². The van der Waals surface area contributed by atoms with Crippen molar-refractivity contribution in [3.8, 4) is 0 Å². The van der Waals surface area contributed by atoms with Crippen LogP contribution >= 0.6 is 0 Å². The summed E-state index contributed by atoms with van der Waals surface area (Å²) in [5.74, 6) is 0.176. The van der Waals surface area contributed by atoms with Crippen LogP contribution in [0.15, 0.2) is 12.2 Å². The Hall–Kier alpha value is -1.32. The van der Waals surface area contributed by atoms with E-state index in [1.807, 2.05) is 0 Å². The van der Waals surface area contributed by atoms with Crippen LogP contribution in [0, 0.1) is 23.2 Å². The molecule has 4 nitrogen and oxygen atoms in total. The summed E-state index contributed by atoms with van der Waals surface area (Å²) in [6.07, 6.45) is 1.91. The van der Waals surface area contributed by atoms with Crippen molar-refractivity contribution in [2.24, 2.45) is 23.2 Å². The second kappa shape index (κ2) is 2.57. The minimum Gasteiger partial charge on any atom is -0.462 e. The second-order valence-corrected chi connectivity index (χ2v) is 5.88. The standard InChI is InChI=1S/C13H14O4/c1-5(2)11(14)17-10-8-9-7(16-12(8)15)3-6-4-13(6,9)10/h6-10H,1,3-4H2,2H3. The van der Waals surface area contributed by atoms with Gasteiger partial charge in [-0.2, -0.15) is 0 Å². The maximum atomic E-state index is 11.7. The number of hydrogen-bond donors (Lipinski definition) is 0. The first-order valence-electron chi connectivity index (χ1n) is 6.12. The number of rotatable bonds is 2. The summed E-state index contributed by atoms with van der Waals surface area (Å²) >= 11 is 0. The van der Waals surface area contributed by atoms with Gasteiger partial charge in [-0.05, 0) is 25.7 Å². The fourth-order valence-electron chi connectivity index (χ4n) is 4.38. The zero-order chi connectivity index (χ0) is 11.9. The van der Waals surface area contributed by atoms with Crippen molar-refractivity contribution in [2.45, 2.75) is 32.0 Å². The first-order valence-corrected chi connectivity index (χ1v) is 6.12. The number of ether oxygens (including phenoxy) is 2. The van der Waals surface area contributed by atoms with E-state index in [0.29, 0.717) is 17.4 Å². The van der Waals surface area contributed by atoms with Gasteiger partial charge in [-0.1, -0.05) is 6.58 Å². The quantitative estimate of drug-likeness (QED) is 0.529. The Kier molecular flexibility index (Phi) is 1.47. The molecule has 3 saturated carbocycles. The Morgan fingerprint density at radius 2 is 2.35 bits per heavy atom. The van der Waals surface area contributed by atoms with Crippen molar-refractivity contribution in [3.05, 3.63) is 12.2 Å². The lowest BCUT2D eigenvalue weighted by Gasteiger charge is -2.45. The molecule has 1 spiro atoms. The van der Waals surface area contributed by atoms with E-state index in [9.17, 15) is 9.59 Å². The van der Waals surface area contributed by atoms with Crippen molar-refractivity contribution in [1.29, 1.82) is 0 Å². The van der Waals surface area contributed by atoms with Gasteiger partial charge in [-0.25, -0.2) is 4.79 Å². The smallest absolute Gasteiger partial charge is 0.333 e. The fraction of sp³-hybridized carbons (Fsp3) is 0.692. The van der Waals surface area contributed by atoms with Gasteiger partial charge >= 0.3 is 11.9 Å². The van der Waals surface area contributed by atoms with Crippen LogP contribution < -0.4 is 0 Å². The predicted molar refractivity (Wildman–Crippen MR) is 56.7 cm³/mol. The third-order valence-electron chi connectivity index (χ3n) is 5.10. The third kappa shape index (κ3) is 0.884. The molecule has 3 aliphatic carbocycles. The molecule has 4 rings (SSSR count). The Bertz CT molecular complexity index is 468. The Morgan fingerprint density at radius 3 is 3.06 bits per heavy atom. The van der Waals surface area contributed by atoms with Crippen molar-refractivity contribution >= 4 is 11.9 Å². The van der Waals surface area contributed by atoms with Crippen LogP contribution in [0.5, 0.6) is 0 Å². The minimum atomic E-state index is -0.378. The number of carbonyl (C=O) groups is 2. The molecule has 1 aliphatic heterocycles. The highest BCUT2D eigenvalue weighted by Crippen LogP contribution is 2.80. The van der Waals surface area contributed by atoms with Crippen LogP contribution in [0.2, 0.25) is 0 Å². The maximum absolute atomic E-state index is 11.7. The van der Waals surface area contributed by atoms with E-state index in [1.54, 1.807) is 6.92 Å². The normalized spacial score (nSPS) is 52.1. The van der Waals surface area contributed by atoms with Gasteiger partial charge in [0.1, 0.15) is 18.1 Å². The summed E-state index contributed by atoms with van der Waals surface area (Å²) < 4.78 is 10.8. The molecule has 0 radical (unpaired) electrons. The SMILES string of the molecule is C=C(C)C(=O)OC1C2C(=O)OC3CC4CC41C32. The van der Waals surface area contributed by atoms with Gasteiger partial charge in [0.2, 0.25) is 0 Å². The monoisotopic (exact) mass is 234 g/mol. The zero-order valence-corrected chi connectivity index (χ0v) is 9.64. The third-order valence-corrected chi connectivity index (χ3v) is 5.10. The molecule has 0 aromatic carbocycles. The van der Waals surface area contributed by atoms with E-state index >= 15 is 0 Å². The molecule has 17 heavy (non-hydrogen) atoms. The summed E-state index contributed by atoms with van der Waals surface area (Å²) in [5, 5.41) is 0. The predicted octanol–water partition coefficient (Wildman–Crippen LogP) is 1.06. The van der Waals surface area contributed by atoms with Crippen molar-refractivity contribution in [1.82, 2.24) is 0 Å². The van der Waals surface area contributed by atoms with E-state index in [0.717, 1.165) is 12.8 Å². The molecular weight excluding hydrogens is 220 g/mol. The van der Waals surface area contributed by atoms with E-state index in [2.05, 4.69) is 6.58 Å². The largest absolute Gasteiger partial charge is 0.462 e. The highest BCUT2D eigenvalue weighted by molar-refractivity contribution is 5.88. The molecule has 4 fully saturated rings. The van der Waals surface area contributed by atoms with Crippen molar-refractivity contribution in [2.75, 3.05) is 0 Å². The minimum absolute atomic E-state index is 0.0899. The van der Waals surface area contributed by atoms with Gasteiger partial charge < -0.3 is 9.47 Å². The van der Waals surface area contributed by atoms with Crippen molar-refractivity contribution in [3.63, 3.8) is 0 Å². The molecule has 90 valence electrons. The lowest BCUT2D eigenvalue weighted by Crippen LogP contribution is -2.56. The summed E-state index contributed by atoms with van der Waals surface area (Å²) in [5.41, 5.74) is 0.482. The number of hydrogen-bond acceptors (Lipinski definition) is 4. The Balaban J connectivity index is 1.63. The fourth-order valence-corrected chi connectivity index (χ4v) is 4.38. The molecule has 0 aromatic heterocycles. The molecule has 1 heterocycles. The van der Waals surface area contributed by atoms with Crippen LogP contribution in [-0.4, -0.2) is 24.1 Å². The second-order valence-electron chi connectivity index (χ2n) is 5.88. The molecular formula is C13H14O4. The van der Waals surface area contributed by atoms with Crippen LogP contribution in [0.1, 0.15) is 19.8 Å². The highest BCUT2D eigenvalue weighted by Gasteiger charge is 2.86. The number of esters is 2. The van der Waals surface area contributed by atoms with Crippen LogP contribution in [-0.2, 0) is 19.1 Å². The van der Waals surface area contributed by atoms with Gasteiger partial charge in [0.15, 0.2) is 0 Å². The first-order chi connectivity index (χ1) is 8.05. The molecule has 6 unspecified atom stereocenters. The molecule has 0 amide bonds. The molecule has 1 saturated heterocycles. The summed E-state index contributed by atoms with van der Waals surface area (Å²) in [6, 6.07) is 0. The zero-order valence-electron chi connectivity index (χ0n) is 9.64. The van der Waals surface area contributed by atoms with Crippen LogP contribution in [0.25, 0.3) is 0 Å². The lowest BCUT2D eigenvalue weighted by molar-refractivity contribution is -0.177. The lowest BCUT2D eigenvalue weighted by atomic mass is 9.60. The van der Waals surface area contributed by atoms with Gasteiger partial charge in [-0.3, -0.25) is 4.79 Å². The van der Waals surface area contributed by atoms with Crippen LogP contribution in [0.3, 0.4) is 0 Å². The Labute approximate surface area is 99.0 Å². The average molecular weight is 234 g/mol. The molecule has 4 heteroatoms. The molecule has 4 aliphatic rings. The Morgan fingerprint density at radius 1 is 1.59 bits per heavy atom. The maximum Gasteiger partial charge on any atom is 0.333 e. The molecule has 0 bridgehead atoms. The van der Waals surface area contributed by atoms with Gasteiger partial charge in [0.05, 0.1) is 0 Å². The summed E-state index contributed by atoms with van der Waals surface area (Å²) in [4.78, 5) is 23.3. The first kappa shape index (κ1) is 9.68. The van der Waals surface area contributed by atoms with Gasteiger partial charge in [0, 0.05) is 16.9 Å². The average Bonchev–Trinajstić information content (AvgIpc) is 2.80.